The van der Waals surface area contributed by atoms with E-state index in [-0.39, 0.29) is 0 Å². The van der Waals surface area contributed by atoms with E-state index in [2.05, 4.69) is 19.8 Å². The highest BCUT2D eigenvalue weighted by Gasteiger charge is 2.34. The van der Waals surface area contributed by atoms with Crippen LogP contribution in [0.1, 0.15) is 38.5 Å². The number of nitrogens with zero attached hydrogens (tertiary/aromatic N) is 3. The Kier molecular flexibility index (Phi) is 4.51. The smallest absolute Gasteiger partial charge is 0.0945 e. The molecule has 0 aliphatic carbocycles. The van der Waals surface area contributed by atoms with Gasteiger partial charge in [-0.15, -0.1) is 0 Å². The number of rotatable bonds is 6. The molecular weight excluding hydrogens is 236 g/mol. The average molecular weight is 262 g/mol. The molecule has 0 spiro atoms. The zero-order valence-corrected chi connectivity index (χ0v) is 11.8. The first kappa shape index (κ1) is 13.1. The molecule has 2 fully saturated rings. The number of nitrogens with one attached hydrogen (secondary N) is 1. The number of aromatic nitrogens is 2. The molecule has 0 amide bonds. The second-order valence-corrected chi connectivity index (χ2v) is 5.96. The van der Waals surface area contributed by atoms with Gasteiger partial charge in [-0.25, -0.2) is 4.98 Å². The van der Waals surface area contributed by atoms with Crippen LogP contribution in [-0.4, -0.2) is 46.2 Å². The summed E-state index contributed by atoms with van der Waals surface area (Å²) in [6.07, 6.45) is 13.9. The van der Waals surface area contributed by atoms with Crippen LogP contribution < -0.4 is 5.32 Å². The van der Waals surface area contributed by atoms with Crippen molar-refractivity contribution < 1.29 is 0 Å². The molecule has 2 unspecified atom stereocenters. The quantitative estimate of drug-likeness (QED) is 0.795. The van der Waals surface area contributed by atoms with E-state index in [4.69, 9.17) is 0 Å². The maximum absolute atomic E-state index is 4.07. The van der Waals surface area contributed by atoms with Gasteiger partial charge in [-0.3, -0.25) is 4.90 Å². The van der Waals surface area contributed by atoms with Crippen molar-refractivity contribution in [2.45, 2.75) is 57.2 Å². The topological polar surface area (TPSA) is 33.1 Å². The minimum absolute atomic E-state index is 0.758. The summed E-state index contributed by atoms with van der Waals surface area (Å²) in [6, 6.07) is 1.59. The van der Waals surface area contributed by atoms with Gasteiger partial charge in [0, 0.05) is 37.6 Å². The Morgan fingerprint density at radius 1 is 1.16 bits per heavy atom. The van der Waals surface area contributed by atoms with Gasteiger partial charge in [-0.05, 0) is 45.2 Å². The number of hydrogen-bond acceptors (Lipinski definition) is 3. The lowest BCUT2D eigenvalue weighted by molar-refractivity contribution is 0.180. The van der Waals surface area contributed by atoms with E-state index in [0.29, 0.717) is 0 Å². The van der Waals surface area contributed by atoms with Gasteiger partial charge in [0.05, 0.1) is 6.33 Å². The standard InChI is InChI=1S/C15H26N4/c1-3-10-19-11-6-14(15(19)5-1)17-7-2-4-9-18-12-8-16-13-18/h8,12-15,17H,1-7,9-11H2. The lowest BCUT2D eigenvalue weighted by atomic mass is 9.99. The van der Waals surface area contributed by atoms with E-state index in [0.717, 1.165) is 18.6 Å². The fraction of sp³-hybridized carbons (Fsp3) is 0.800. The predicted octanol–water partition coefficient (Wildman–Crippen LogP) is 1.88. The monoisotopic (exact) mass is 262 g/mol. The second kappa shape index (κ2) is 6.53. The highest BCUT2D eigenvalue weighted by atomic mass is 15.2. The third-order valence-electron chi connectivity index (χ3n) is 4.66. The van der Waals surface area contributed by atoms with Gasteiger partial charge in [0.2, 0.25) is 0 Å². The highest BCUT2D eigenvalue weighted by molar-refractivity contribution is 4.93. The van der Waals surface area contributed by atoms with Crippen LogP contribution in [0.3, 0.4) is 0 Å². The summed E-state index contributed by atoms with van der Waals surface area (Å²) >= 11 is 0. The first-order chi connectivity index (χ1) is 9.43. The first-order valence-electron chi connectivity index (χ1n) is 7.87. The van der Waals surface area contributed by atoms with E-state index in [9.17, 15) is 0 Å². The summed E-state index contributed by atoms with van der Waals surface area (Å²) in [5.41, 5.74) is 0. The van der Waals surface area contributed by atoms with Crippen molar-refractivity contribution in [1.82, 2.24) is 19.8 Å². The molecule has 2 atom stereocenters. The van der Waals surface area contributed by atoms with E-state index in [1.807, 2.05) is 18.7 Å². The minimum atomic E-state index is 0.758. The average Bonchev–Trinajstić information content (AvgIpc) is 3.08. The number of piperidine rings is 1. The van der Waals surface area contributed by atoms with Crippen LogP contribution >= 0.6 is 0 Å². The third kappa shape index (κ3) is 3.37. The molecule has 3 heterocycles. The van der Waals surface area contributed by atoms with Crippen LogP contribution in [0.25, 0.3) is 0 Å². The molecule has 2 aliphatic heterocycles. The maximum Gasteiger partial charge on any atom is 0.0945 e. The van der Waals surface area contributed by atoms with Crippen molar-refractivity contribution in [2.75, 3.05) is 19.6 Å². The number of fused-ring (bicyclic) bond motifs is 1. The van der Waals surface area contributed by atoms with Crippen LogP contribution in [-0.2, 0) is 6.54 Å². The van der Waals surface area contributed by atoms with E-state index >= 15 is 0 Å². The summed E-state index contributed by atoms with van der Waals surface area (Å²) in [5.74, 6) is 0. The summed E-state index contributed by atoms with van der Waals surface area (Å²) in [6.45, 7) is 4.92. The van der Waals surface area contributed by atoms with E-state index in [1.165, 1.54) is 58.2 Å². The lowest BCUT2D eigenvalue weighted by Crippen LogP contribution is -2.45. The Bertz CT molecular complexity index is 362. The van der Waals surface area contributed by atoms with Crippen LogP contribution in [0.2, 0.25) is 0 Å². The molecule has 0 aromatic carbocycles. The van der Waals surface area contributed by atoms with Crippen LogP contribution in [0.5, 0.6) is 0 Å². The molecule has 2 saturated heterocycles. The van der Waals surface area contributed by atoms with Gasteiger partial charge in [0.15, 0.2) is 0 Å². The Morgan fingerprint density at radius 2 is 2.16 bits per heavy atom. The molecule has 2 aliphatic rings. The van der Waals surface area contributed by atoms with Gasteiger partial charge in [-0.1, -0.05) is 6.42 Å². The molecule has 3 rings (SSSR count). The van der Waals surface area contributed by atoms with Gasteiger partial charge >= 0.3 is 0 Å². The largest absolute Gasteiger partial charge is 0.337 e. The molecule has 4 heteroatoms. The van der Waals surface area contributed by atoms with Gasteiger partial charge in [0.1, 0.15) is 0 Å². The zero-order valence-electron chi connectivity index (χ0n) is 11.8. The molecule has 0 radical (unpaired) electrons. The highest BCUT2D eigenvalue weighted by Crippen LogP contribution is 2.26. The molecule has 0 bridgehead atoms. The molecule has 106 valence electrons. The molecule has 4 nitrogen and oxygen atoms in total. The minimum Gasteiger partial charge on any atom is -0.337 e. The summed E-state index contributed by atoms with van der Waals surface area (Å²) < 4.78 is 2.17. The number of unbranched alkanes of at least 4 members (excludes halogenated alkanes) is 1. The van der Waals surface area contributed by atoms with Crippen molar-refractivity contribution in [3.8, 4) is 0 Å². The fourth-order valence-corrected chi connectivity index (χ4v) is 3.61. The SMILES string of the molecule is c1cn(CCCCNC2CCN3CCCCC23)cn1. The fourth-order valence-electron chi connectivity index (χ4n) is 3.61. The molecule has 1 N–H and O–H groups in total. The van der Waals surface area contributed by atoms with Gasteiger partial charge < -0.3 is 9.88 Å². The molecule has 1 aromatic heterocycles. The van der Waals surface area contributed by atoms with Crippen molar-refractivity contribution in [2.24, 2.45) is 0 Å². The summed E-state index contributed by atoms with van der Waals surface area (Å²) in [5, 5.41) is 3.79. The predicted molar refractivity (Wildman–Crippen MR) is 77.1 cm³/mol. The normalized spacial score (nSPS) is 27.6. The Morgan fingerprint density at radius 3 is 3.05 bits per heavy atom. The molecular formula is C15H26N4. The van der Waals surface area contributed by atoms with Crippen molar-refractivity contribution >= 4 is 0 Å². The molecule has 1 aromatic rings. The molecule has 19 heavy (non-hydrogen) atoms. The van der Waals surface area contributed by atoms with Crippen LogP contribution in [0.15, 0.2) is 18.7 Å². The Hall–Kier alpha value is -0.870. The van der Waals surface area contributed by atoms with E-state index < -0.39 is 0 Å². The second-order valence-electron chi connectivity index (χ2n) is 5.96. The number of aryl methyl sites for hydroxylation is 1. The van der Waals surface area contributed by atoms with Crippen LogP contribution in [0, 0.1) is 0 Å². The van der Waals surface area contributed by atoms with E-state index in [1.54, 1.807) is 0 Å². The van der Waals surface area contributed by atoms with Crippen LogP contribution in [0.4, 0.5) is 0 Å². The molecule has 0 saturated carbocycles. The van der Waals surface area contributed by atoms with Gasteiger partial charge in [0.25, 0.3) is 0 Å². The van der Waals surface area contributed by atoms with Crippen molar-refractivity contribution in [1.29, 1.82) is 0 Å². The Balaban J connectivity index is 1.32. The number of imidazole rings is 1. The lowest BCUT2D eigenvalue weighted by Gasteiger charge is -2.32. The third-order valence-corrected chi connectivity index (χ3v) is 4.66. The Labute approximate surface area is 116 Å². The first-order valence-corrected chi connectivity index (χ1v) is 7.87. The maximum atomic E-state index is 4.07. The van der Waals surface area contributed by atoms with Crippen molar-refractivity contribution in [3.05, 3.63) is 18.7 Å². The number of hydrogen-bond donors (Lipinski definition) is 1. The summed E-state index contributed by atoms with van der Waals surface area (Å²) in [7, 11) is 0. The summed E-state index contributed by atoms with van der Waals surface area (Å²) in [4.78, 5) is 6.77. The van der Waals surface area contributed by atoms with Crippen molar-refractivity contribution in [3.63, 3.8) is 0 Å². The van der Waals surface area contributed by atoms with Gasteiger partial charge in [-0.2, -0.15) is 0 Å². The zero-order chi connectivity index (χ0) is 12.9.